The predicted molar refractivity (Wildman–Crippen MR) is 124 cm³/mol. The largest absolute Gasteiger partial charge is 0.508 e. The quantitative estimate of drug-likeness (QED) is 0.340. The molecule has 2 fully saturated rings. The van der Waals surface area contributed by atoms with Crippen molar-refractivity contribution in [1.82, 2.24) is 19.2 Å². The average Bonchev–Trinajstić information content (AvgIpc) is 3.31. The average molecular weight is 463 g/mol. The van der Waals surface area contributed by atoms with Crippen LogP contribution in [0.1, 0.15) is 23.0 Å². The molecule has 9 nitrogen and oxygen atoms in total. The maximum atomic E-state index is 13.3. The van der Waals surface area contributed by atoms with Gasteiger partial charge in [-0.2, -0.15) is 0 Å². The number of Topliss-reactive ketones (excluding diaryl/α,β-unsaturated/α-hetero) is 1. The number of aromatic nitrogens is 2. The number of nitrogens with zero attached hydrogens (tertiary/aromatic N) is 4. The Labute approximate surface area is 196 Å². The van der Waals surface area contributed by atoms with Gasteiger partial charge >= 0.3 is 0 Å². The lowest BCUT2D eigenvalue weighted by molar-refractivity contribution is -0.140. The summed E-state index contributed by atoms with van der Waals surface area (Å²) in [5.74, 6) is -1.57. The molecule has 1 amide bonds. The molecule has 0 aliphatic carbocycles. The molecule has 176 valence electrons. The smallest absolute Gasteiger partial charge is 0.295 e. The van der Waals surface area contributed by atoms with Crippen molar-refractivity contribution in [3.8, 4) is 5.75 Å². The molecule has 4 heterocycles. The first-order chi connectivity index (χ1) is 16.5. The van der Waals surface area contributed by atoms with Gasteiger partial charge < -0.3 is 19.8 Å². The third kappa shape index (κ3) is 3.82. The summed E-state index contributed by atoms with van der Waals surface area (Å²) in [6.07, 6.45) is 1.76. The van der Waals surface area contributed by atoms with Crippen molar-refractivity contribution in [1.29, 1.82) is 0 Å². The van der Waals surface area contributed by atoms with Crippen molar-refractivity contribution >= 4 is 23.1 Å². The van der Waals surface area contributed by atoms with Crippen LogP contribution in [0.3, 0.4) is 0 Å². The first kappa shape index (κ1) is 22.1. The molecule has 2 saturated heterocycles. The van der Waals surface area contributed by atoms with Gasteiger partial charge in [0.2, 0.25) is 0 Å². The normalized spacial score (nSPS) is 21.0. The molecule has 3 aromatic rings. The van der Waals surface area contributed by atoms with Gasteiger partial charge in [-0.15, -0.1) is 0 Å². The molecule has 2 aliphatic rings. The van der Waals surface area contributed by atoms with Crippen LogP contribution < -0.4 is 0 Å². The maximum Gasteiger partial charge on any atom is 0.295 e. The molecule has 1 unspecified atom stereocenters. The molecule has 5 rings (SSSR count). The number of carbonyl (C=O) groups is 2. The van der Waals surface area contributed by atoms with Crippen LogP contribution >= 0.6 is 0 Å². The van der Waals surface area contributed by atoms with Crippen LogP contribution in [0.5, 0.6) is 5.75 Å². The van der Waals surface area contributed by atoms with Gasteiger partial charge in [0.05, 0.1) is 30.5 Å². The number of hydrogen-bond acceptors (Lipinski definition) is 7. The summed E-state index contributed by atoms with van der Waals surface area (Å²) in [4.78, 5) is 34.6. The molecule has 1 atom stereocenters. The molecule has 2 aliphatic heterocycles. The van der Waals surface area contributed by atoms with Gasteiger partial charge in [-0.25, -0.2) is 4.98 Å². The van der Waals surface area contributed by atoms with Crippen molar-refractivity contribution in [3.63, 3.8) is 0 Å². The Hall–Kier alpha value is -3.69. The van der Waals surface area contributed by atoms with Gasteiger partial charge in [0.25, 0.3) is 11.7 Å². The number of carbonyl (C=O) groups excluding carboxylic acids is 2. The summed E-state index contributed by atoms with van der Waals surface area (Å²) in [6.45, 7) is 5.44. The third-order valence-electron chi connectivity index (χ3n) is 6.44. The molecule has 2 aromatic heterocycles. The fourth-order valence-corrected chi connectivity index (χ4v) is 4.71. The van der Waals surface area contributed by atoms with Gasteiger partial charge in [0.1, 0.15) is 17.1 Å². The minimum absolute atomic E-state index is 0.0198. The van der Waals surface area contributed by atoms with E-state index in [1.807, 2.05) is 18.2 Å². The molecule has 34 heavy (non-hydrogen) atoms. The van der Waals surface area contributed by atoms with E-state index in [2.05, 4.69) is 9.88 Å². The van der Waals surface area contributed by atoms with E-state index in [1.165, 1.54) is 17.0 Å². The first-order valence-electron chi connectivity index (χ1n) is 11.3. The van der Waals surface area contributed by atoms with Crippen LogP contribution in [0, 0.1) is 6.92 Å². The lowest BCUT2D eigenvalue weighted by Crippen LogP contribution is -2.42. The summed E-state index contributed by atoms with van der Waals surface area (Å²) < 4.78 is 7.11. The zero-order valence-electron chi connectivity index (χ0n) is 18.8. The van der Waals surface area contributed by atoms with Crippen molar-refractivity contribution in [2.45, 2.75) is 13.0 Å². The van der Waals surface area contributed by atoms with Gasteiger partial charge in [-0.1, -0.05) is 18.2 Å². The molecule has 0 spiro atoms. The second kappa shape index (κ2) is 8.92. The molecule has 0 radical (unpaired) electrons. The van der Waals surface area contributed by atoms with Crippen LogP contribution in [0.25, 0.3) is 11.4 Å². The predicted octanol–water partition coefficient (Wildman–Crippen LogP) is 2.10. The molecule has 0 saturated carbocycles. The fraction of sp³-hybridized carbons (Fsp3) is 0.320. The summed E-state index contributed by atoms with van der Waals surface area (Å²) in [6, 6.07) is 11.0. The first-order valence-corrected chi connectivity index (χ1v) is 11.3. The minimum Gasteiger partial charge on any atom is -0.508 e. The highest BCUT2D eigenvalue weighted by Crippen LogP contribution is 2.40. The Morgan fingerprint density at radius 1 is 1.09 bits per heavy atom. The van der Waals surface area contributed by atoms with Crippen molar-refractivity contribution < 1.29 is 24.5 Å². The van der Waals surface area contributed by atoms with Crippen LogP contribution in [0.4, 0.5) is 0 Å². The summed E-state index contributed by atoms with van der Waals surface area (Å²) in [5, 5.41) is 21.2. The number of likely N-dealkylation sites (tertiary alicyclic amines) is 1. The van der Waals surface area contributed by atoms with Crippen LogP contribution in [-0.2, 0) is 14.3 Å². The van der Waals surface area contributed by atoms with Crippen LogP contribution in [-0.4, -0.2) is 80.5 Å². The van der Waals surface area contributed by atoms with Crippen LogP contribution in [0.15, 0.2) is 54.2 Å². The Balaban J connectivity index is 1.60. The Bertz CT molecular complexity index is 1270. The standard InChI is InChI=1S/C25H26N4O5/c1-16-21(28-9-3-2-4-19(28)26-16)23(31)20-22(17-5-7-18(30)8-6-17)29(25(33)24(20)32)11-10-27-12-14-34-15-13-27/h2-9,22,30-31H,10-15H2,1H3. The number of aliphatic hydroxyl groups excluding tert-OH is 1. The zero-order chi connectivity index (χ0) is 23.8. The Kier molecular flexibility index (Phi) is 5.80. The van der Waals surface area contributed by atoms with Crippen LogP contribution in [0.2, 0.25) is 0 Å². The number of rotatable bonds is 5. The second-order valence-corrected chi connectivity index (χ2v) is 8.51. The van der Waals surface area contributed by atoms with E-state index in [-0.39, 0.29) is 17.1 Å². The van der Waals surface area contributed by atoms with E-state index in [4.69, 9.17) is 4.74 Å². The molecule has 9 heteroatoms. The van der Waals surface area contributed by atoms with E-state index in [0.29, 0.717) is 48.9 Å². The second-order valence-electron chi connectivity index (χ2n) is 8.51. The van der Waals surface area contributed by atoms with E-state index in [9.17, 15) is 19.8 Å². The number of aryl methyl sites for hydroxylation is 1. The molecule has 2 N–H and O–H groups in total. The van der Waals surface area contributed by atoms with E-state index < -0.39 is 17.7 Å². The maximum absolute atomic E-state index is 13.3. The number of hydrogen-bond donors (Lipinski definition) is 2. The van der Waals surface area contributed by atoms with E-state index >= 15 is 0 Å². The fourth-order valence-electron chi connectivity index (χ4n) is 4.71. The van der Waals surface area contributed by atoms with Gasteiger partial charge in [-0.05, 0) is 36.8 Å². The topological polar surface area (TPSA) is 108 Å². The van der Waals surface area contributed by atoms with Gasteiger partial charge in [0.15, 0.2) is 5.76 Å². The molecule has 1 aromatic carbocycles. The number of pyridine rings is 1. The summed E-state index contributed by atoms with van der Waals surface area (Å²) >= 11 is 0. The SMILES string of the molecule is Cc1nc2ccccn2c1C(O)=C1C(=O)C(=O)N(CCN2CCOCC2)C1c1ccc(O)cc1. The van der Waals surface area contributed by atoms with Crippen molar-refractivity contribution in [3.05, 3.63) is 71.2 Å². The number of ketones is 1. The number of ether oxygens (including phenoxy) is 1. The van der Waals surface area contributed by atoms with Gasteiger partial charge in [0, 0.05) is 32.4 Å². The summed E-state index contributed by atoms with van der Waals surface area (Å²) in [5.41, 5.74) is 2.21. The molecule has 0 bridgehead atoms. The highest BCUT2D eigenvalue weighted by atomic mass is 16.5. The number of fused-ring (bicyclic) bond motifs is 1. The molecular weight excluding hydrogens is 436 g/mol. The lowest BCUT2D eigenvalue weighted by atomic mass is 9.96. The monoisotopic (exact) mass is 462 g/mol. The number of aromatic hydroxyl groups is 1. The lowest BCUT2D eigenvalue weighted by Gasteiger charge is -2.31. The minimum atomic E-state index is -0.782. The van der Waals surface area contributed by atoms with E-state index in [1.54, 1.807) is 29.7 Å². The summed E-state index contributed by atoms with van der Waals surface area (Å²) in [7, 11) is 0. The number of phenols is 1. The number of morpholine rings is 1. The number of phenolic OH excluding ortho intramolecular Hbond substituents is 1. The van der Waals surface area contributed by atoms with Gasteiger partial charge in [-0.3, -0.25) is 18.9 Å². The number of aliphatic hydroxyl groups is 1. The highest BCUT2D eigenvalue weighted by Gasteiger charge is 2.46. The number of imidazole rings is 1. The number of amides is 1. The zero-order valence-corrected chi connectivity index (χ0v) is 18.8. The highest BCUT2D eigenvalue weighted by molar-refractivity contribution is 6.46. The number of benzene rings is 1. The molecular formula is C25H26N4O5. The van der Waals surface area contributed by atoms with E-state index in [0.717, 1.165) is 13.1 Å². The third-order valence-corrected chi connectivity index (χ3v) is 6.44. The van der Waals surface area contributed by atoms with Crippen molar-refractivity contribution in [2.75, 3.05) is 39.4 Å². The Morgan fingerprint density at radius 2 is 1.82 bits per heavy atom. The van der Waals surface area contributed by atoms with Crippen molar-refractivity contribution in [2.24, 2.45) is 0 Å². The Morgan fingerprint density at radius 3 is 2.56 bits per heavy atom.